The third kappa shape index (κ3) is 4.52. The maximum atomic E-state index is 3.81. The van der Waals surface area contributed by atoms with Crippen molar-refractivity contribution in [2.45, 2.75) is 70.9 Å². The summed E-state index contributed by atoms with van der Waals surface area (Å²) in [4.78, 5) is 0. The van der Waals surface area contributed by atoms with E-state index in [0.29, 0.717) is 12.1 Å². The van der Waals surface area contributed by atoms with E-state index in [1.807, 2.05) is 0 Å². The summed E-state index contributed by atoms with van der Waals surface area (Å²) >= 11 is 0. The second-order valence-corrected chi connectivity index (χ2v) is 6.10. The molecule has 2 heteroatoms. The summed E-state index contributed by atoms with van der Waals surface area (Å²) < 4.78 is 0. The van der Waals surface area contributed by atoms with Gasteiger partial charge in [0.2, 0.25) is 0 Å². The van der Waals surface area contributed by atoms with Gasteiger partial charge in [-0.05, 0) is 44.4 Å². The molecule has 2 rings (SSSR count). The van der Waals surface area contributed by atoms with Gasteiger partial charge in [-0.15, -0.1) is 0 Å². The number of anilines is 1. The van der Waals surface area contributed by atoms with Gasteiger partial charge in [0, 0.05) is 17.8 Å². The molecule has 0 aromatic heterocycles. The molecule has 0 spiro atoms. The van der Waals surface area contributed by atoms with Crippen molar-refractivity contribution in [3.63, 3.8) is 0 Å². The van der Waals surface area contributed by atoms with Crippen molar-refractivity contribution >= 4 is 5.69 Å². The number of nitrogens with one attached hydrogen (secondary N) is 2. The highest BCUT2D eigenvalue weighted by Crippen LogP contribution is 2.26. The van der Waals surface area contributed by atoms with Gasteiger partial charge in [-0.2, -0.15) is 0 Å². The Kier molecular flexibility index (Phi) is 6.38. The monoisotopic (exact) mass is 274 g/mol. The van der Waals surface area contributed by atoms with E-state index >= 15 is 0 Å². The lowest BCUT2D eigenvalue weighted by Crippen LogP contribution is -2.23. The summed E-state index contributed by atoms with van der Waals surface area (Å²) in [6, 6.07) is 9.88. The molecule has 20 heavy (non-hydrogen) atoms. The predicted octanol–water partition coefficient (Wildman–Crippen LogP) is 4.88. The molecule has 112 valence electrons. The van der Waals surface area contributed by atoms with Crippen LogP contribution in [-0.2, 0) is 0 Å². The van der Waals surface area contributed by atoms with Crippen LogP contribution in [0.25, 0.3) is 0 Å². The average molecular weight is 274 g/mol. The number of para-hydroxylation sites is 1. The Labute approximate surface area is 124 Å². The Morgan fingerprint density at radius 2 is 1.80 bits per heavy atom. The Bertz CT molecular complexity index is 381. The first-order valence-electron chi connectivity index (χ1n) is 8.40. The molecule has 2 N–H and O–H groups in total. The van der Waals surface area contributed by atoms with Crippen molar-refractivity contribution < 1.29 is 0 Å². The minimum Gasteiger partial charge on any atom is -0.382 e. The van der Waals surface area contributed by atoms with Crippen LogP contribution in [0.3, 0.4) is 0 Å². The molecule has 0 amide bonds. The molecule has 0 heterocycles. The van der Waals surface area contributed by atoms with Crippen molar-refractivity contribution in [2.24, 2.45) is 0 Å². The third-order valence-electron chi connectivity index (χ3n) is 4.34. The minimum atomic E-state index is 0.421. The molecule has 2 nitrogen and oxygen atoms in total. The van der Waals surface area contributed by atoms with Gasteiger partial charge < -0.3 is 10.6 Å². The summed E-state index contributed by atoms with van der Waals surface area (Å²) in [5.41, 5.74) is 2.74. The van der Waals surface area contributed by atoms with Gasteiger partial charge in [0.25, 0.3) is 0 Å². The number of hydrogen-bond donors (Lipinski definition) is 2. The van der Waals surface area contributed by atoms with E-state index in [-0.39, 0.29) is 0 Å². The largest absolute Gasteiger partial charge is 0.382 e. The molecule has 1 fully saturated rings. The predicted molar refractivity (Wildman–Crippen MR) is 88.3 cm³/mol. The van der Waals surface area contributed by atoms with E-state index in [2.05, 4.69) is 48.7 Å². The fourth-order valence-electron chi connectivity index (χ4n) is 3.12. The number of hydrogen-bond acceptors (Lipinski definition) is 2. The van der Waals surface area contributed by atoms with Crippen LogP contribution in [-0.4, -0.2) is 12.6 Å². The summed E-state index contributed by atoms with van der Waals surface area (Å²) in [7, 11) is 0. The summed E-state index contributed by atoms with van der Waals surface area (Å²) in [5, 5.41) is 7.41. The van der Waals surface area contributed by atoms with Crippen LogP contribution in [0.4, 0.5) is 5.69 Å². The van der Waals surface area contributed by atoms with Gasteiger partial charge in [-0.1, -0.05) is 50.8 Å². The van der Waals surface area contributed by atoms with E-state index in [1.54, 1.807) is 0 Å². The van der Waals surface area contributed by atoms with E-state index < -0.39 is 0 Å². The quantitative estimate of drug-likeness (QED) is 0.722. The van der Waals surface area contributed by atoms with Gasteiger partial charge >= 0.3 is 0 Å². The lowest BCUT2D eigenvalue weighted by Gasteiger charge is -2.23. The molecule has 0 bridgehead atoms. The second kappa shape index (κ2) is 8.31. The van der Waals surface area contributed by atoms with Crippen molar-refractivity contribution in [1.82, 2.24) is 5.32 Å². The highest BCUT2D eigenvalue weighted by Gasteiger charge is 2.15. The zero-order valence-corrected chi connectivity index (χ0v) is 13.1. The Hall–Kier alpha value is -1.02. The summed E-state index contributed by atoms with van der Waals surface area (Å²) in [5.74, 6) is 0. The Morgan fingerprint density at radius 3 is 2.50 bits per heavy atom. The number of benzene rings is 1. The zero-order valence-electron chi connectivity index (χ0n) is 13.1. The van der Waals surface area contributed by atoms with Crippen molar-refractivity contribution in [2.75, 3.05) is 11.9 Å². The van der Waals surface area contributed by atoms with Crippen LogP contribution in [0, 0.1) is 0 Å². The first-order valence-corrected chi connectivity index (χ1v) is 8.40. The second-order valence-electron chi connectivity index (χ2n) is 6.10. The maximum absolute atomic E-state index is 3.81. The minimum absolute atomic E-state index is 0.421. The smallest absolute Gasteiger partial charge is 0.0390 e. The molecule has 1 aliphatic carbocycles. The summed E-state index contributed by atoms with van der Waals surface area (Å²) in [6.07, 6.45) is 9.41. The Balaban J connectivity index is 2.02. The SMILES string of the molecule is CCCNC(C)c1ccccc1NC1CCCCCC1. The fraction of sp³-hybridized carbons (Fsp3) is 0.667. The van der Waals surface area contributed by atoms with Crippen LogP contribution in [0.5, 0.6) is 0 Å². The third-order valence-corrected chi connectivity index (χ3v) is 4.34. The van der Waals surface area contributed by atoms with Gasteiger partial charge in [0.15, 0.2) is 0 Å². The summed E-state index contributed by atoms with van der Waals surface area (Å²) in [6.45, 7) is 5.57. The molecule has 0 aliphatic heterocycles. The van der Waals surface area contributed by atoms with Crippen LogP contribution in [0.1, 0.15) is 70.4 Å². The topological polar surface area (TPSA) is 24.1 Å². The molecular weight excluding hydrogens is 244 g/mol. The van der Waals surface area contributed by atoms with E-state index in [9.17, 15) is 0 Å². The highest BCUT2D eigenvalue weighted by molar-refractivity contribution is 5.53. The van der Waals surface area contributed by atoms with E-state index in [0.717, 1.165) is 6.54 Å². The lowest BCUT2D eigenvalue weighted by molar-refractivity contribution is 0.568. The molecule has 0 radical (unpaired) electrons. The molecular formula is C18H30N2. The van der Waals surface area contributed by atoms with Crippen LogP contribution < -0.4 is 10.6 Å². The fourth-order valence-corrected chi connectivity index (χ4v) is 3.12. The standard InChI is InChI=1S/C18H30N2/c1-3-14-19-15(2)17-12-8-9-13-18(17)20-16-10-6-4-5-7-11-16/h8-9,12-13,15-16,19-20H,3-7,10-11,14H2,1-2H3. The van der Waals surface area contributed by atoms with Gasteiger partial charge in [-0.3, -0.25) is 0 Å². The van der Waals surface area contributed by atoms with Gasteiger partial charge in [0.1, 0.15) is 0 Å². The van der Waals surface area contributed by atoms with Crippen LogP contribution in [0.2, 0.25) is 0 Å². The van der Waals surface area contributed by atoms with E-state index in [1.165, 1.54) is 56.2 Å². The molecule has 1 atom stereocenters. The molecule has 1 aliphatic rings. The van der Waals surface area contributed by atoms with Crippen LogP contribution in [0.15, 0.2) is 24.3 Å². The maximum Gasteiger partial charge on any atom is 0.0390 e. The normalized spacial score (nSPS) is 18.5. The van der Waals surface area contributed by atoms with Crippen LogP contribution >= 0.6 is 0 Å². The molecule has 0 saturated heterocycles. The van der Waals surface area contributed by atoms with E-state index in [4.69, 9.17) is 0 Å². The van der Waals surface area contributed by atoms with Crippen molar-refractivity contribution in [3.05, 3.63) is 29.8 Å². The van der Waals surface area contributed by atoms with Crippen molar-refractivity contribution in [1.29, 1.82) is 0 Å². The zero-order chi connectivity index (χ0) is 14.2. The number of rotatable bonds is 6. The first-order chi connectivity index (χ1) is 9.81. The molecule has 1 saturated carbocycles. The average Bonchev–Trinajstić information content (AvgIpc) is 2.74. The molecule has 1 aromatic rings. The molecule has 1 unspecified atom stereocenters. The van der Waals surface area contributed by atoms with Crippen molar-refractivity contribution in [3.8, 4) is 0 Å². The Morgan fingerprint density at radius 1 is 1.10 bits per heavy atom. The molecule has 1 aromatic carbocycles. The lowest BCUT2D eigenvalue weighted by atomic mass is 10.0. The van der Waals surface area contributed by atoms with Gasteiger partial charge in [-0.25, -0.2) is 0 Å². The van der Waals surface area contributed by atoms with Gasteiger partial charge in [0.05, 0.1) is 0 Å². The first kappa shape index (κ1) is 15.4. The highest BCUT2D eigenvalue weighted by atomic mass is 14.9.